The van der Waals surface area contributed by atoms with Crippen molar-refractivity contribution in [2.75, 3.05) is 44.3 Å². The Morgan fingerprint density at radius 1 is 1.15 bits per heavy atom. The maximum atomic E-state index is 13.8. The van der Waals surface area contributed by atoms with Crippen molar-refractivity contribution in [3.8, 4) is 0 Å². The van der Waals surface area contributed by atoms with Gasteiger partial charge in [0.1, 0.15) is 17.4 Å². The first-order valence-corrected chi connectivity index (χ1v) is 14.6. The molecule has 0 spiro atoms. The van der Waals surface area contributed by atoms with Crippen LogP contribution in [-0.4, -0.2) is 88.5 Å². The molecule has 0 radical (unpaired) electrons. The number of carbonyl (C=O) groups excluding carboxylic acids is 1. The average molecular weight is 554 g/mol. The highest BCUT2D eigenvalue weighted by Crippen LogP contribution is 2.25. The summed E-state index contributed by atoms with van der Waals surface area (Å²) in [6.07, 6.45) is 3.43. The lowest BCUT2D eigenvalue weighted by atomic mass is 10.1. The van der Waals surface area contributed by atoms with Crippen LogP contribution in [-0.2, 0) is 21.5 Å². The molecule has 3 aromatic heterocycles. The number of piperazine rings is 1. The minimum absolute atomic E-state index is 0.150. The molecule has 1 aliphatic heterocycles. The Balaban J connectivity index is 1.42. The third-order valence-electron chi connectivity index (χ3n) is 6.78. The van der Waals surface area contributed by atoms with Crippen LogP contribution in [0.4, 0.5) is 16.0 Å². The van der Waals surface area contributed by atoms with Crippen molar-refractivity contribution >= 4 is 38.6 Å². The van der Waals surface area contributed by atoms with E-state index in [4.69, 9.17) is 4.98 Å². The fourth-order valence-electron chi connectivity index (χ4n) is 4.54. The van der Waals surface area contributed by atoms with Crippen LogP contribution in [0.25, 0.3) is 5.52 Å². The SMILES string of the molecule is C=S(C)(=O)N1CCN(CC(=O)NC(c2ccc(F)cc2)c2nc(Nc3cc(C)n(C)n3)c3cccn3n2)CC1. The molecule has 4 heterocycles. The van der Waals surface area contributed by atoms with Gasteiger partial charge in [0, 0.05) is 67.1 Å². The summed E-state index contributed by atoms with van der Waals surface area (Å²) in [5.41, 5.74) is 2.36. The minimum Gasteiger partial charge on any atom is -0.341 e. The third kappa shape index (κ3) is 6.10. The van der Waals surface area contributed by atoms with E-state index in [1.54, 1.807) is 33.8 Å². The maximum absolute atomic E-state index is 13.8. The molecule has 1 saturated heterocycles. The van der Waals surface area contributed by atoms with E-state index in [1.807, 2.05) is 41.4 Å². The van der Waals surface area contributed by atoms with Crippen LogP contribution in [0.15, 0.2) is 48.7 Å². The molecule has 2 N–H and O–H groups in total. The van der Waals surface area contributed by atoms with Crippen LogP contribution in [0.5, 0.6) is 0 Å². The predicted octanol–water partition coefficient (Wildman–Crippen LogP) is 1.74. The molecule has 206 valence electrons. The van der Waals surface area contributed by atoms with Crippen LogP contribution < -0.4 is 10.6 Å². The third-order valence-corrected chi connectivity index (χ3v) is 8.24. The highest BCUT2D eigenvalue weighted by Gasteiger charge is 2.26. The van der Waals surface area contributed by atoms with Gasteiger partial charge in [-0.1, -0.05) is 12.1 Å². The summed E-state index contributed by atoms with van der Waals surface area (Å²) in [5.74, 6) is 4.63. The van der Waals surface area contributed by atoms with Crippen LogP contribution >= 0.6 is 0 Å². The number of nitrogens with one attached hydrogen (secondary N) is 2. The quantitative estimate of drug-likeness (QED) is 0.320. The molecule has 1 amide bonds. The number of aromatic nitrogens is 5. The van der Waals surface area contributed by atoms with E-state index in [-0.39, 0.29) is 18.3 Å². The van der Waals surface area contributed by atoms with Gasteiger partial charge >= 0.3 is 0 Å². The van der Waals surface area contributed by atoms with Gasteiger partial charge in [-0.2, -0.15) is 5.10 Å². The number of rotatable bonds is 8. The summed E-state index contributed by atoms with van der Waals surface area (Å²) in [6, 6.07) is 10.8. The van der Waals surface area contributed by atoms with Crippen molar-refractivity contribution in [3.05, 3.63) is 71.6 Å². The highest BCUT2D eigenvalue weighted by atomic mass is 32.2. The van der Waals surface area contributed by atoms with Crippen LogP contribution in [0.2, 0.25) is 0 Å². The minimum atomic E-state index is -2.27. The van der Waals surface area contributed by atoms with Crippen molar-refractivity contribution in [1.82, 2.24) is 38.9 Å². The Bertz CT molecular complexity index is 1570. The van der Waals surface area contributed by atoms with E-state index in [0.717, 1.165) is 11.2 Å². The summed E-state index contributed by atoms with van der Waals surface area (Å²) < 4.78 is 31.3. The van der Waals surface area contributed by atoms with Crippen LogP contribution in [0.1, 0.15) is 23.1 Å². The molecular formula is C26H32FN9O2S. The molecule has 5 rings (SSSR count). The fraction of sp³-hybridized carbons (Fsp3) is 0.346. The van der Waals surface area contributed by atoms with Crippen LogP contribution in [0, 0.1) is 12.7 Å². The number of anilines is 2. The van der Waals surface area contributed by atoms with E-state index in [0.29, 0.717) is 49.2 Å². The largest absolute Gasteiger partial charge is 0.341 e. The normalized spacial score (nSPS) is 17.1. The number of nitrogens with zero attached hydrogens (tertiary/aromatic N) is 7. The van der Waals surface area contributed by atoms with Crippen molar-refractivity contribution in [3.63, 3.8) is 0 Å². The first kappa shape index (κ1) is 26.8. The Morgan fingerprint density at radius 2 is 1.87 bits per heavy atom. The number of benzene rings is 1. The second kappa shape index (κ2) is 10.8. The zero-order chi connectivity index (χ0) is 27.7. The van der Waals surface area contributed by atoms with E-state index in [2.05, 4.69) is 26.7 Å². The van der Waals surface area contributed by atoms with Crippen molar-refractivity contribution in [2.24, 2.45) is 7.05 Å². The van der Waals surface area contributed by atoms with Gasteiger partial charge in [-0.05, 0) is 42.6 Å². The summed E-state index contributed by atoms with van der Waals surface area (Å²) >= 11 is 0. The number of aryl methyl sites for hydroxylation is 2. The number of amides is 1. The topological polar surface area (TPSA) is 113 Å². The zero-order valence-electron chi connectivity index (χ0n) is 22.2. The zero-order valence-corrected chi connectivity index (χ0v) is 23.0. The molecule has 0 aliphatic carbocycles. The smallest absolute Gasteiger partial charge is 0.235 e. The van der Waals surface area contributed by atoms with Gasteiger partial charge in [-0.3, -0.25) is 18.6 Å². The molecule has 1 fully saturated rings. The first-order valence-electron chi connectivity index (χ1n) is 12.5. The lowest BCUT2D eigenvalue weighted by Gasteiger charge is -2.34. The average Bonchev–Trinajstić information content (AvgIpc) is 3.48. The molecule has 11 nitrogen and oxygen atoms in total. The lowest BCUT2D eigenvalue weighted by Crippen LogP contribution is -2.51. The lowest BCUT2D eigenvalue weighted by molar-refractivity contribution is -0.123. The molecule has 4 aromatic rings. The highest BCUT2D eigenvalue weighted by molar-refractivity contribution is 7.97. The van der Waals surface area contributed by atoms with Gasteiger partial charge in [0.25, 0.3) is 0 Å². The predicted molar refractivity (Wildman–Crippen MR) is 150 cm³/mol. The molecule has 0 saturated carbocycles. The molecule has 2 unspecified atom stereocenters. The summed E-state index contributed by atoms with van der Waals surface area (Å²) in [7, 11) is -0.409. The molecule has 0 bridgehead atoms. The van der Waals surface area contributed by atoms with E-state index < -0.39 is 15.7 Å². The summed E-state index contributed by atoms with van der Waals surface area (Å²) in [6.45, 7) is 4.44. The molecule has 1 aromatic carbocycles. The number of hydrogen-bond donors (Lipinski definition) is 2. The maximum Gasteiger partial charge on any atom is 0.235 e. The van der Waals surface area contributed by atoms with Crippen molar-refractivity contribution in [1.29, 1.82) is 0 Å². The first-order chi connectivity index (χ1) is 18.6. The van der Waals surface area contributed by atoms with E-state index >= 15 is 0 Å². The monoisotopic (exact) mass is 553 g/mol. The number of fused-ring (bicyclic) bond motifs is 1. The Hall–Kier alpha value is -3.81. The van der Waals surface area contributed by atoms with Gasteiger partial charge in [0.2, 0.25) is 5.91 Å². The van der Waals surface area contributed by atoms with Crippen LogP contribution in [0.3, 0.4) is 0 Å². The second-order valence-electron chi connectivity index (χ2n) is 9.79. The van der Waals surface area contributed by atoms with Gasteiger partial charge in [0.05, 0.1) is 6.54 Å². The van der Waals surface area contributed by atoms with Gasteiger partial charge in [0.15, 0.2) is 17.5 Å². The number of halogens is 1. The molecular weight excluding hydrogens is 521 g/mol. The van der Waals surface area contributed by atoms with Crippen molar-refractivity contribution < 1.29 is 13.4 Å². The van der Waals surface area contributed by atoms with Gasteiger partial charge in [-0.25, -0.2) is 18.2 Å². The Kier molecular flexibility index (Phi) is 7.38. The number of carbonyl (C=O) groups is 1. The molecule has 13 heteroatoms. The summed E-state index contributed by atoms with van der Waals surface area (Å²) in [5, 5.41) is 15.5. The molecule has 1 aliphatic rings. The second-order valence-corrected chi connectivity index (χ2v) is 12.2. The Labute approximate surface area is 226 Å². The molecule has 2 atom stereocenters. The van der Waals surface area contributed by atoms with E-state index in [9.17, 15) is 13.4 Å². The van der Waals surface area contributed by atoms with Gasteiger partial charge in [-0.15, -0.1) is 5.10 Å². The van der Waals surface area contributed by atoms with Gasteiger partial charge < -0.3 is 10.6 Å². The summed E-state index contributed by atoms with van der Waals surface area (Å²) in [4.78, 5) is 20.0. The van der Waals surface area contributed by atoms with E-state index in [1.165, 1.54) is 12.1 Å². The van der Waals surface area contributed by atoms with Crippen molar-refractivity contribution in [2.45, 2.75) is 13.0 Å². The Morgan fingerprint density at radius 3 is 2.51 bits per heavy atom. The standard InChI is InChI=1S/C26H32FN9O2S/c1-18-16-22(31-33(18)2)28-25-21-6-5-11-36(21)32-26(30-25)24(19-7-9-20(27)10-8-19)29-23(37)17-34-12-14-35(15-13-34)39(3,4)38/h5-11,16,24H,3,12-15,17H2,1-2,4H3,(H,29,37)(H,28,30,31,32). The molecule has 39 heavy (non-hydrogen) atoms. The fourth-order valence-corrected chi connectivity index (χ4v) is 5.48. The number of hydrogen-bond acceptors (Lipinski definition) is 7.